The maximum Gasteiger partial charge on any atom is 0.243 e. The maximum atomic E-state index is 13.8. The fraction of sp³-hybridized carbons (Fsp3) is 0.355. The highest BCUT2D eigenvalue weighted by atomic mass is 35.5. The summed E-state index contributed by atoms with van der Waals surface area (Å²) in [6.07, 6.45) is 1.88. The minimum Gasteiger partial charge on any atom is -0.352 e. The molecule has 0 saturated heterocycles. The van der Waals surface area contributed by atoms with Crippen molar-refractivity contribution in [1.82, 2.24) is 10.2 Å². The van der Waals surface area contributed by atoms with E-state index in [0.29, 0.717) is 23.6 Å². The highest BCUT2D eigenvalue weighted by molar-refractivity contribution is 7.92. The van der Waals surface area contributed by atoms with Gasteiger partial charge >= 0.3 is 0 Å². The first kappa shape index (κ1) is 31.2. The van der Waals surface area contributed by atoms with Crippen LogP contribution in [0.25, 0.3) is 0 Å². The number of hydrogen-bond acceptors (Lipinski definition) is 4. The SMILES string of the molecule is Cc1cccc(N(CCCC(=O)N(Cc2ccc(Cl)cc2)[C@H](Cc2ccccc2)C(=O)NC(C)C)S(C)(=O)=O)c1. The van der Waals surface area contributed by atoms with Crippen molar-refractivity contribution in [1.29, 1.82) is 0 Å². The molecule has 3 rings (SSSR count). The third kappa shape index (κ3) is 9.38. The Hall–Kier alpha value is -3.36. The summed E-state index contributed by atoms with van der Waals surface area (Å²) in [6, 6.07) is 23.2. The number of anilines is 1. The van der Waals surface area contributed by atoms with Crippen molar-refractivity contribution in [2.45, 2.75) is 58.7 Å². The zero-order valence-electron chi connectivity index (χ0n) is 23.5. The van der Waals surface area contributed by atoms with E-state index in [4.69, 9.17) is 11.6 Å². The molecule has 40 heavy (non-hydrogen) atoms. The second kappa shape index (κ2) is 14.3. The second-order valence-electron chi connectivity index (χ2n) is 10.3. The van der Waals surface area contributed by atoms with Gasteiger partial charge in [0.05, 0.1) is 11.9 Å². The molecule has 0 aliphatic rings. The van der Waals surface area contributed by atoms with Crippen molar-refractivity contribution in [2.24, 2.45) is 0 Å². The minimum atomic E-state index is -3.56. The summed E-state index contributed by atoms with van der Waals surface area (Å²) < 4.78 is 26.5. The normalized spacial score (nSPS) is 12.2. The van der Waals surface area contributed by atoms with E-state index in [2.05, 4.69) is 5.32 Å². The molecular weight excluding hydrogens is 546 g/mol. The van der Waals surface area contributed by atoms with E-state index < -0.39 is 16.1 Å². The fourth-order valence-electron chi connectivity index (χ4n) is 4.51. The molecule has 2 amide bonds. The van der Waals surface area contributed by atoms with Gasteiger partial charge in [-0.25, -0.2) is 8.42 Å². The lowest BCUT2D eigenvalue weighted by Crippen LogP contribution is -2.51. The van der Waals surface area contributed by atoms with Crippen LogP contribution in [0.4, 0.5) is 5.69 Å². The zero-order valence-corrected chi connectivity index (χ0v) is 25.1. The van der Waals surface area contributed by atoms with Crippen LogP contribution in [0.2, 0.25) is 5.02 Å². The van der Waals surface area contributed by atoms with Crippen molar-refractivity contribution in [3.05, 3.63) is 101 Å². The van der Waals surface area contributed by atoms with Crippen LogP contribution in [0, 0.1) is 6.92 Å². The predicted molar refractivity (Wildman–Crippen MR) is 162 cm³/mol. The first-order chi connectivity index (χ1) is 18.9. The lowest BCUT2D eigenvalue weighted by Gasteiger charge is -2.32. The van der Waals surface area contributed by atoms with Crippen molar-refractivity contribution < 1.29 is 18.0 Å². The maximum absolute atomic E-state index is 13.8. The molecule has 1 atom stereocenters. The van der Waals surface area contributed by atoms with E-state index in [-0.39, 0.29) is 37.4 Å². The summed E-state index contributed by atoms with van der Waals surface area (Å²) in [5.74, 6) is -0.467. The van der Waals surface area contributed by atoms with Crippen LogP contribution < -0.4 is 9.62 Å². The number of hydrogen-bond donors (Lipinski definition) is 1. The number of nitrogens with one attached hydrogen (secondary N) is 1. The molecule has 0 aromatic heterocycles. The zero-order chi connectivity index (χ0) is 29.3. The van der Waals surface area contributed by atoms with Gasteiger partial charge in [-0.05, 0) is 68.1 Å². The van der Waals surface area contributed by atoms with Crippen LogP contribution in [0.1, 0.15) is 43.4 Å². The number of carbonyl (C=O) groups is 2. The number of nitrogens with zero attached hydrogens (tertiary/aromatic N) is 2. The van der Waals surface area contributed by atoms with Gasteiger partial charge in [-0.1, -0.05) is 66.2 Å². The first-order valence-corrected chi connectivity index (χ1v) is 15.6. The third-order valence-corrected chi connectivity index (χ3v) is 7.86. The monoisotopic (exact) mass is 583 g/mol. The van der Waals surface area contributed by atoms with Crippen LogP contribution in [-0.2, 0) is 32.6 Å². The molecule has 214 valence electrons. The first-order valence-electron chi connectivity index (χ1n) is 13.4. The van der Waals surface area contributed by atoms with Crippen molar-refractivity contribution in [3.63, 3.8) is 0 Å². The van der Waals surface area contributed by atoms with Crippen molar-refractivity contribution >= 4 is 39.1 Å². The van der Waals surface area contributed by atoms with Crippen LogP contribution in [-0.4, -0.2) is 50.0 Å². The van der Waals surface area contributed by atoms with Crippen LogP contribution >= 0.6 is 11.6 Å². The number of halogens is 1. The Labute approximate surface area is 243 Å². The van der Waals surface area contributed by atoms with Gasteiger partial charge in [0.2, 0.25) is 21.8 Å². The van der Waals surface area contributed by atoms with Gasteiger partial charge in [0.25, 0.3) is 0 Å². The average Bonchev–Trinajstić information content (AvgIpc) is 2.89. The molecule has 9 heteroatoms. The lowest BCUT2D eigenvalue weighted by molar-refractivity contribution is -0.141. The van der Waals surface area contributed by atoms with E-state index in [1.165, 1.54) is 4.31 Å². The molecule has 0 aliphatic heterocycles. The molecule has 7 nitrogen and oxygen atoms in total. The Kier molecular flexibility index (Phi) is 11.2. The van der Waals surface area contributed by atoms with E-state index >= 15 is 0 Å². The molecule has 1 N–H and O–H groups in total. The number of benzene rings is 3. The molecule has 0 spiro atoms. The highest BCUT2D eigenvalue weighted by Crippen LogP contribution is 2.21. The van der Waals surface area contributed by atoms with E-state index in [9.17, 15) is 18.0 Å². The Bertz CT molecular complexity index is 1380. The lowest BCUT2D eigenvalue weighted by atomic mass is 10.0. The molecule has 0 heterocycles. The van der Waals surface area contributed by atoms with E-state index in [1.807, 2.05) is 81.4 Å². The van der Waals surface area contributed by atoms with Crippen molar-refractivity contribution in [3.8, 4) is 0 Å². The van der Waals surface area contributed by atoms with Crippen LogP contribution in [0.5, 0.6) is 0 Å². The quantitative estimate of drug-likeness (QED) is 0.293. The summed E-state index contributed by atoms with van der Waals surface area (Å²) >= 11 is 6.09. The fourth-order valence-corrected chi connectivity index (χ4v) is 5.59. The Morgan fingerprint density at radius 2 is 1.60 bits per heavy atom. The van der Waals surface area contributed by atoms with Gasteiger partial charge in [0.1, 0.15) is 6.04 Å². The second-order valence-corrected chi connectivity index (χ2v) is 12.6. The van der Waals surface area contributed by atoms with Crippen LogP contribution in [0.3, 0.4) is 0 Å². The van der Waals surface area contributed by atoms with Gasteiger partial charge in [-0.15, -0.1) is 0 Å². The topological polar surface area (TPSA) is 86.8 Å². The van der Waals surface area contributed by atoms with Gasteiger partial charge in [-0.3, -0.25) is 13.9 Å². The van der Waals surface area contributed by atoms with Gasteiger partial charge in [0, 0.05) is 37.0 Å². The van der Waals surface area contributed by atoms with Gasteiger partial charge in [-0.2, -0.15) is 0 Å². The summed E-state index contributed by atoms with van der Waals surface area (Å²) in [4.78, 5) is 28.9. The summed E-state index contributed by atoms with van der Waals surface area (Å²) in [5.41, 5.74) is 3.27. The molecule has 0 fully saturated rings. The Morgan fingerprint density at radius 3 is 2.20 bits per heavy atom. The van der Waals surface area contributed by atoms with Gasteiger partial charge < -0.3 is 10.2 Å². The molecule has 0 bridgehead atoms. The molecular formula is C31H38ClN3O4S. The molecule has 0 radical (unpaired) electrons. The number of amides is 2. The number of sulfonamides is 1. The van der Waals surface area contributed by atoms with Gasteiger partial charge in [0.15, 0.2) is 0 Å². The Balaban J connectivity index is 1.87. The smallest absolute Gasteiger partial charge is 0.243 e. The third-order valence-electron chi connectivity index (χ3n) is 6.41. The molecule has 0 saturated carbocycles. The highest BCUT2D eigenvalue weighted by Gasteiger charge is 2.31. The summed E-state index contributed by atoms with van der Waals surface area (Å²) in [5, 5.41) is 3.55. The predicted octanol–water partition coefficient (Wildman–Crippen LogP) is 5.36. The Morgan fingerprint density at radius 1 is 0.925 bits per heavy atom. The molecule has 0 aliphatic carbocycles. The standard InChI is InChI=1S/C31H38ClN3O4S/c1-23(2)33-31(37)29(21-25-11-6-5-7-12-25)34(22-26-15-17-27(32)18-16-26)30(36)14-9-19-35(40(4,38)39)28-13-8-10-24(3)20-28/h5-8,10-13,15-18,20,23,29H,9,14,19,21-22H2,1-4H3,(H,33,37)/t29-/m1/s1. The minimum absolute atomic E-state index is 0.0751. The van der Waals surface area contributed by atoms with E-state index in [1.54, 1.807) is 23.1 Å². The average molecular weight is 584 g/mol. The summed E-state index contributed by atoms with van der Waals surface area (Å²) in [6.45, 7) is 6.02. The van der Waals surface area contributed by atoms with E-state index in [0.717, 1.165) is 22.9 Å². The number of rotatable bonds is 13. The molecule has 3 aromatic rings. The molecule has 0 unspecified atom stereocenters. The number of carbonyl (C=O) groups excluding carboxylic acids is 2. The summed E-state index contributed by atoms with van der Waals surface area (Å²) in [7, 11) is -3.56. The largest absolute Gasteiger partial charge is 0.352 e. The van der Waals surface area contributed by atoms with Crippen LogP contribution in [0.15, 0.2) is 78.9 Å². The van der Waals surface area contributed by atoms with Crippen molar-refractivity contribution in [2.75, 3.05) is 17.1 Å². The molecule has 3 aromatic carbocycles. The number of aryl methyl sites for hydroxylation is 1.